The Morgan fingerprint density at radius 1 is 1.16 bits per heavy atom. The Bertz CT molecular complexity index is 564. The van der Waals surface area contributed by atoms with Gasteiger partial charge in [0.15, 0.2) is 5.78 Å². The Morgan fingerprint density at radius 2 is 1.89 bits per heavy atom. The molecular weight excluding hydrogens is 238 g/mol. The fourth-order valence-corrected chi connectivity index (χ4v) is 2.00. The molecule has 0 saturated carbocycles. The standard InChI is InChI=1S/C16H17NO2/c1-19-16-8-7-13(15(18)9-10-17)11-14(16)12-5-3-2-4-6-12/h2-8,11H,9-10,17H2,1H3. The van der Waals surface area contributed by atoms with Gasteiger partial charge in [-0.05, 0) is 30.3 Å². The molecular formula is C16H17NO2. The highest BCUT2D eigenvalue weighted by atomic mass is 16.5. The third-order valence-corrected chi connectivity index (χ3v) is 2.98. The number of hydrogen-bond acceptors (Lipinski definition) is 3. The van der Waals surface area contributed by atoms with Crippen LogP contribution in [0.3, 0.4) is 0 Å². The molecule has 98 valence electrons. The zero-order valence-corrected chi connectivity index (χ0v) is 10.9. The second-order valence-corrected chi connectivity index (χ2v) is 4.24. The van der Waals surface area contributed by atoms with Gasteiger partial charge in [0.1, 0.15) is 5.75 Å². The second-order valence-electron chi connectivity index (χ2n) is 4.24. The van der Waals surface area contributed by atoms with Crippen molar-refractivity contribution in [1.82, 2.24) is 0 Å². The third kappa shape index (κ3) is 3.01. The third-order valence-electron chi connectivity index (χ3n) is 2.98. The minimum atomic E-state index is 0.0577. The van der Waals surface area contributed by atoms with Gasteiger partial charge in [0, 0.05) is 17.5 Å². The van der Waals surface area contributed by atoms with Crippen LogP contribution in [-0.4, -0.2) is 19.4 Å². The van der Waals surface area contributed by atoms with E-state index in [1.54, 1.807) is 13.2 Å². The molecule has 0 saturated heterocycles. The monoisotopic (exact) mass is 255 g/mol. The molecule has 0 amide bonds. The number of methoxy groups -OCH3 is 1. The van der Waals surface area contributed by atoms with E-state index < -0.39 is 0 Å². The van der Waals surface area contributed by atoms with E-state index >= 15 is 0 Å². The van der Waals surface area contributed by atoms with Gasteiger partial charge in [-0.15, -0.1) is 0 Å². The molecule has 3 nitrogen and oxygen atoms in total. The Labute approximate surface area is 113 Å². The molecule has 2 N–H and O–H groups in total. The number of carbonyl (C=O) groups excluding carboxylic acids is 1. The van der Waals surface area contributed by atoms with Gasteiger partial charge in [-0.25, -0.2) is 0 Å². The molecule has 0 bridgehead atoms. The number of rotatable bonds is 5. The van der Waals surface area contributed by atoms with Gasteiger partial charge in [0.25, 0.3) is 0 Å². The summed E-state index contributed by atoms with van der Waals surface area (Å²) in [6.07, 6.45) is 0.362. The number of nitrogens with two attached hydrogens (primary N) is 1. The fraction of sp³-hybridized carbons (Fsp3) is 0.188. The summed E-state index contributed by atoms with van der Waals surface area (Å²) in [4.78, 5) is 11.9. The summed E-state index contributed by atoms with van der Waals surface area (Å²) in [6.45, 7) is 0.367. The summed E-state index contributed by atoms with van der Waals surface area (Å²) >= 11 is 0. The van der Waals surface area contributed by atoms with Crippen LogP contribution in [0.5, 0.6) is 5.75 Å². The van der Waals surface area contributed by atoms with Crippen LogP contribution >= 0.6 is 0 Å². The Kier molecular flexibility index (Phi) is 4.31. The van der Waals surface area contributed by atoms with Gasteiger partial charge in [0.2, 0.25) is 0 Å². The molecule has 0 unspecified atom stereocenters. The predicted octanol–water partition coefficient (Wildman–Crippen LogP) is 2.89. The highest BCUT2D eigenvalue weighted by Crippen LogP contribution is 2.31. The van der Waals surface area contributed by atoms with E-state index in [0.29, 0.717) is 18.5 Å². The van der Waals surface area contributed by atoms with Crippen LogP contribution in [0.25, 0.3) is 11.1 Å². The van der Waals surface area contributed by atoms with Crippen molar-refractivity contribution in [1.29, 1.82) is 0 Å². The minimum absolute atomic E-state index is 0.0577. The Balaban J connectivity index is 2.46. The first-order chi connectivity index (χ1) is 9.26. The van der Waals surface area contributed by atoms with E-state index in [1.807, 2.05) is 42.5 Å². The number of Topliss-reactive ketones (excluding diaryl/α,β-unsaturated/α-hetero) is 1. The molecule has 0 aliphatic heterocycles. The molecule has 0 aliphatic carbocycles. The molecule has 0 radical (unpaired) electrons. The largest absolute Gasteiger partial charge is 0.496 e. The van der Waals surface area contributed by atoms with E-state index in [2.05, 4.69) is 0 Å². The molecule has 19 heavy (non-hydrogen) atoms. The van der Waals surface area contributed by atoms with Crippen molar-refractivity contribution in [2.45, 2.75) is 6.42 Å². The van der Waals surface area contributed by atoms with Gasteiger partial charge >= 0.3 is 0 Å². The molecule has 0 heterocycles. The highest BCUT2D eigenvalue weighted by Gasteiger charge is 2.10. The molecule has 2 aromatic rings. The average Bonchev–Trinajstić information content (AvgIpc) is 2.47. The summed E-state index contributed by atoms with van der Waals surface area (Å²) in [5.41, 5.74) is 8.05. The maximum atomic E-state index is 11.9. The Morgan fingerprint density at radius 3 is 2.53 bits per heavy atom. The lowest BCUT2D eigenvalue weighted by Gasteiger charge is -2.10. The summed E-state index contributed by atoms with van der Waals surface area (Å²) in [5.74, 6) is 0.817. The number of hydrogen-bond donors (Lipinski definition) is 1. The van der Waals surface area contributed by atoms with Crippen molar-refractivity contribution in [2.75, 3.05) is 13.7 Å². The maximum absolute atomic E-state index is 11.9. The van der Waals surface area contributed by atoms with Gasteiger partial charge in [0.05, 0.1) is 7.11 Å². The van der Waals surface area contributed by atoms with Crippen LogP contribution in [0.2, 0.25) is 0 Å². The highest BCUT2D eigenvalue weighted by molar-refractivity contribution is 5.97. The van der Waals surface area contributed by atoms with Crippen molar-refractivity contribution in [3.8, 4) is 16.9 Å². The lowest BCUT2D eigenvalue weighted by Crippen LogP contribution is -2.08. The molecule has 3 heteroatoms. The summed E-state index contributed by atoms with van der Waals surface area (Å²) in [5, 5.41) is 0. The molecule has 2 rings (SSSR count). The molecule has 0 spiro atoms. The zero-order valence-electron chi connectivity index (χ0n) is 10.9. The molecule has 0 atom stereocenters. The molecule has 2 aromatic carbocycles. The quantitative estimate of drug-likeness (QED) is 0.836. The van der Waals surface area contributed by atoms with Gasteiger partial charge in [-0.1, -0.05) is 30.3 Å². The van der Waals surface area contributed by atoms with Crippen LogP contribution < -0.4 is 10.5 Å². The molecule has 0 fully saturated rings. The van der Waals surface area contributed by atoms with Crippen LogP contribution in [0.1, 0.15) is 16.8 Å². The van der Waals surface area contributed by atoms with Gasteiger partial charge in [-0.3, -0.25) is 4.79 Å². The lowest BCUT2D eigenvalue weighted by atomic mass is 9.99. The van der Waals surface area contributed by atoms with E-state index in [0.717, 1.165) is 16.9 Å². The number of ketones is 1. The van der Waals surface area contributed by atoms with Crippen molar-refractivity contribution < 1.29 is 9.53 Å². The minimum Gasteiger partial charge on any atom is -0.496 e. The SMILES string of the molecule is COc1ccc(C(=O)CCN)cc1-c1ccccc1. The number of carbonyl (C=O) groups is 1. The molecule has 0 aliphatic rings. The van der Waals surface area contributed by atoms with E-state index in [-0.39, 0.29) is 5.78 Å². The topological polar surface area (TPSA) is 52.3 Å². The first kappa shape index (κ1) is 13.3. The van der Waals surface area contributed by atoms with Crippen molar-refractivity contribution in [2.24, 2.45) is 5.73 Å². The van der Waals surface area contributed by atoms with Crippen molar-refractivity contribution in [3.05, 3.63) is 54.1 Å². The van der Waals surface area contributed by atoms with Crippen LogP contribution in [-0.2, 0) is 0 Å². The average molecular weight is 255 g/mol. The van der Waals surface area contributed by atoms with E-state index in [4.69, 9.17) is 10.5 Å². The summed E-state index contributed by atoms with van der Waals surface area (Å²) in [6, 6.07) is 15.3. The first-order valence-electron chi connectivity index (χ1n) is 6.23. The lowest BCUT2D eigenvalue weighted by molar-refractivity contribution is 0.0985. The van der Waals surface area contributed by atoms with Crippen LogP contribution in [0.4, 0.5) is 0 Å². The van der Waals surface area contributed by atoms with E-state index in [9.17, 15) is 4.79 Å². The van der Waals surface area contributed by atoms with Crippen LogP contribution in [0.15, 0.2) is 48.5 Å². The zero-order chi connectivity index (χ0) is 13.7. The Hall–Kier alpha value is -2.13. The maximum Gasteiger partial charge on any atom is 0.164 e. The number of benzene rings is 2. The van der Waals surface area contributed by atoms with Gasteiger partial charge < -0.3 is 10.5 Å². The normalized spacial score (nSPS) is 10.2. The van der Waals surface area contributed by atoms with Crippen molar-refractivity contribution in [3.63, 3.8) is 0 Å². The second kappa shape index (κ2) is 6.16. The van der Waals surface area contributed by atoms with Crippen LogP contribution in [0, 0.1) is 0 Å². The first-order valence-corrected chi connectivity index (χ1v) is 6.23. The molecule has 0 aromatic heterocycles. The fourth-order valence-electron chi connectivity index (χ4n) is 2.00. The van der Waals surface area contributed by atoms with E-state index in [1.165, 1.54) is 0 Å². The predicted molar refractivity (Wildman–Crippen MR) is 76.4 cm³/mol. The summed E-state index contributed by atoms with van der Waals surface area (Å²) in [7, 11) is 1.63. The van der Waals surface area contributed by atoms with Gasteiger partial charge in [-0.2, -0.15) is 0 Å². The summed E-state index contributed by atoms with van der Waals surface area (Å²) < 4.78 is 5.36. The smallest absolute Gasteiger partial charge is 0.164 e. The van der Waals surface area contributed by atoms with Crippen molar-refractivity contribution >= 4 is 5.78 Å². The number of ether oxygens (including phenoxy) is 1.